The van der Waals surface area contributed by atoms with Gasteiger partial charge in [0.2, 0.25) is 0 Å². The van der Waals surface area contributed by atoms with Gasteiger partial charge >= 0.3 is 0 Å². The number of nitrogens with zero attached hydrogens (tertiary/aromatic N) is 2. The molecule has 9 heteroatoms. The van der Waals surface area contributed by atoms with Gasteiger partial charge in [-0.25, -0.2) is 4.98 Å². The smallest absolute Gasteiger partial charge is 0.130 e. The van der Waals surface area contributed by atoms with E-state index in [1.807, 2.05) is 7.05 Å². The van der Waals surface area contributed by atoms with E-state index in [9.17, 15) is 0 Å². The maximum absolute atomic E-state index is 7.33. The lowest BCUT2D eigenvalue weighted by molar-refractivity contribution is 0.543. The lowest BCUT2D eigenvalue weighted by Crippen LogP contribution is -2.33. The fraction of sp³-hybridized carbons (Fsp3) is 0.415. The summed E-state index contributed by atoms with van der Waals surface area (Å²) in [6.07, 6.45) is 12.6. The molecule has 7 nitrogen and oxygen atoms in total. The van der Waals surface area contributed by atoms with Crippen molar-refractivity contribution in [3.05, 3.63) is 111 Å². The first-order valence-electron chi connectivity index (χ1n) is 18.2. The van der Waals surface area contributed by atoms with Gasteiger partial charge in [-0.1, -0.05) is 66.7 Å². The molecule has 2 aromatic carbocycles. The molecule has 262 valence electrons. The molecule has 6 N–H and O–H groups in total. The number of anilines is 1. The second kappa shape index (κ2) is 15.7. The Morgan fingerprint density at radius 1 is 1.00 bits per heavy atom. The summed E-state index contributed by atoms with van der Waals surface area (Å²) in [6, 6.07) is 18.3. The predicted octanol–water partition coefficient (Wildman–Crippen LogP) is 7.80. The minimum Gasteiger partial charge on any atom is -0.387 e. The molecule has 3 aromatic rings. The maximum atomic E-state index is 7.33. The molecule has 0 radical (unpaired) electrons. The van der Waals surface area contributed by atoms with Gasteiger partial charge in [-0.15, -0.1) is 11.6 Å². The van der Waals surface area contributed by atoms with E-state index in [0.29, 0.717) is 12.1 Å². The zero-order valence-corrected chi connectivity index (χ0v) is 30.5. The third kappa shape index (κ3) is 7.81. The molecule has 2 aliphatic carbocycles. The van der Waals surface area contributed by atoms with Crippen LogP contribution in [0.25, 0.3) is 17.2 Å². The van der Waals surface area contributed by atoms with Crippen LogP contribution in [0, 0.1) is 0 Å². The highest BCUT2D eigenvalue weighted by molar-refractivity contribution is 6.33. The number of hydrogen-bond donors (Lipinski definition) is 5. The van der Waals surface area contributed by atoms with Crippen molar-refractivity contribution in [3.63, 3.8) is 0 Å². The van der Waals surface area contributed by atoms with E-state index in [1.54, 1.807) is 0 Å². The molecular weight excluding hydrogens is 661 g/mol. The summed E-state index contributed by atoms with van der Waals surface area (Å²) >= 11 is 14.6. The van der Waals surface area contributed by atoms with Gasteiger partial charge in [0.25, 0.3) is 0 Å². The first-order chi connectivity index (χ1) is 24.4. The molecule has 2 unspecified atom stereocenters. The van der Waals surface area contributed by atoms with E-state index in [2.05, 4.69) is 93.5 Å². The Morgan fingerprint density at radius 2 is 1.88 bits per heavy atom. The van der Waals surface area contributed by atoms with Crippen LogP contribution in [-0.4, -0.2) is 48.4 Å². The van der Waals surface area contributed by atoms with Crippen molar-refractivity contribution >= 4 is 52.1 Å². The minimum atomic E-state index is -0.232. The number of rotatable bonds is 12. The number of aryl methyl sites for hydroxylation is 1. The van der Waals surface area contributed by atoms with E-state index in [1.165, 1.54) is 22.3 Å². The topological polar surface area (TPSA) is 99.4 Å². The quantitative estimate of drug-likeness (QED) is 0.123. The largest absolute Gasteiger partial charge is 0.387 e. The molecule has 0 bridgehead atoms. The predicted molar refractivity (Wildman–Crippen MR) is 211 cm³/mol. The average molecular weight is 711 g/mol. The number of fused-ring (bicyclic) bond motifs is 1. The van der Waals surface area contributed by atoms with E-state index in [0.717, 1.165) is 128 Å². The van der Waals surface area contributed by atoms with Crippen LogP contribution in [0.15, 0.2) is 71.9 Å². The van der Waals surface area contributed by atoms with Crippen LogP contribution in [-0.2, 0) is 19.5 Å². The molecular formula is C41H49Cl2N7. The van der Waals surface area contributed by atoms with Gasteiger partial charge in [0.1, 0.15) is 5.82 Å². The van der Waals surface area contributed by atoms with Gasteiger partial charge in [0.15, 0.2) is 0 Å². The summed E-state index contributed by atoms with van der Waals surface area (Å²) in [7, 11) is 1.93. The number of halogens is 2. The number of nitrogens with one attached hydrogen (secondary N) is 4. The van der Waals surface area contributed by atoms with Crippen LogP contribution in [0.1, 0.15) is 89.9 Å². The van der Waals surface area contributed by atoms with Gasteiger partial charge in [0.05, 0.1) is 28.0 Å². The highest BCUT2D eigenvalue weighted by Crippen LogP contribution is 2.44. The van der Waals surface area contributed by atoms with Crippen molar-refractivity contribution in [1.82, 2.24) is 20.9 Å². The van der Waals surface area contributed by atoms with Crippen molar-refractivity contribution in [1.29, 1.82) is 0 Å². The van der Waals surface area contributed by atoms with Crippen LogP contribution in [0.4, 0.5) is 5.82 Å². The van der Waals surface area contributed by atoms with Gasteiger partial charge in [-0.05, 0) is 96.1 Å². The zero-order chi connectivity index (χ0) is 34.6. The fourth-order valence-electron chi connectivity index (χ4n) is 7.97. The highest BCUT2D eigenvalue weighted by Gasteiger charge is 2.31. The maximum Gasteiger partial charge on any atom is 0.130 e. The van der Waals surface area contributed by atoms with Crippen molar-refractivity contribution in [2.45, 2.75) is 87.8 Å². The van der Waals surface area contributed by atoms with E-state index < -0.39 is 0 Å². The lowest BCUT2D eigenvalue weighted by Gasteiger charge is -2.30. The third-order valence-electron chi connectivity index (χ3n) is 10.7. The number of aromatic nitrogens is 1. The summed E-state index contributed by atoms with van der Waals surface area (Å²) in [4.78, 5) is 9.55. The molecule has 50 heavy (non-hydrogen) atoms. The van der Waals surface area contributed by atoms with Crippen LogP contribution >= 0.6 is 23.2 Å². The van der Waals surface area contributed by atoms with Gasteiger partial charge in [-0.2, -0.15) is 0 Å². The number of benzene rings is 2. The lowest BCUT2D eigenvalue weighted by atomic mass is 9.81. The number of alkyl halides is 1. The summed E-state index contributed by atoms with van der Waals surface area (Å²) < 4.78 is 0. The number of hydrogen-bond acceptors (Lipinski definition) is 7. The van der Waals surface area contributed by atoms with E-state index in [-0.39, 0.29) is 11.3 Å². The van der Waals surface area contributed by atoms with Crippen molar-refractivity contribution in [3.8, 4) is 0 Å². The molecule has 0 spiro atoms. The standard InChI is InChI=1S/C41H49Cl2N7/c1-25-9-14-31(48-25)23-47-22-30-13-17-37(50-41(30)45-2)36-8-4-7-35(40(36)43)34-6-3-5-29(39(34)42)20-28-12-11-27-19-26(10-16-33(27)28)21-46-24-32-15-18-38(44)49-32/h3,5-6,8,10,13,16-17,19-20,31-32,35,40,46-48H,1,4,7,9,11-12,14-15,18,21-24H2,2H3,(H2,44,49)(H,45,50)/b28-20+/t31-,32-,35?,40?/m0/s1. The van der Waals surface area contributed by atoms with Crippen LogP contribution < -0.4 is 27.0 Å². The van der Waals surface area contributed by atoms with Crippen LogP contribution in [0.2, 0.25) is 5.02 Å². The van der Waals surface area contributed by atoms with Crippen LogP contribution in [0.5, 0.6) is 0 Å². The number of pyridine rings is 1. The van der Waals surface area contributed by atoms with E-state index >= 15 is 0 Å². The number of nitrogens with two attached hydrogens (primary N) is 1. The van der Waals surface area contributed by atoms with Crippen molar-refractivity contribution in [2.24, 2.45) is 10.7 Å². The Hall–Kier alpha value is -3.62. The fourth-order valence-corrected chi connectivity index (χ4v) is 8.75. The van der Waals surface area contributed by atoms with Crippen molar-refractivity contribution < 1.29 is 0 Å². The Morgan fingerprint density at radius 3 is 2.68 bits per heavy atom. The zero-order valence-electron chi connectivity index (χ0n) is 29.0. The monoisotopic (exact) mass is 709 g/mol. The summed E-state index contributed by atoms with van der Waals surface area (Å²) in [6.45, 7) is 7.40. The molecule has 7 rings (SSSR count). The third-order valence-corrected chi connectivity index (χ3v) is 11.6. The Kier molecular flexibility index (Phi) is 11.0. The summed E-state index contributed by atoms with van der Waals surface area (Å²) in [5.41, 5.74) is 17.7. The average Bonchev–Trinajstić information content (AvgIpc) is 3.85. The second-order valence-corrected chi connectivity index (χ2v) is 15.0. The molecule has 1 fully saturated rings. The Bertz CT molecular complexity index is 1830. The first kappa shape index (κ1) is 34.8. The Balaban J connectivity index is 1.02. The SMILES string of the molecule is C=C1CC[C@@H](CNCc2ccc(C3=CCCC(c4cccc(/C=C5\CCc6cc(CNC[C@@H]7CCC(N)=N7)ccc65)c4Cl)C3Cl)nc2NC)N1. The summed E-state index contributed by atoms with van der Waals surface area (Å²) in [5.74, 6) is 1.75. The summed E-state index contributed by atoms with van der Waals surface area (Å²) in [5, 5.41) is 14.5. The normalized spacial score (nSPS) is 23.9. The number of amidine groups is 1. The second-order valence-electron chi connectivity index (χ2n) is 14.2. The molecule has 0 amide bonds. The number of allylic oxidation sites excluding steroid dienone is 4. The molecule has 1 aromatic heterocycles. The molecule has 1 saturated heterocycles. The minimum absolute atomic E-state index is 0.0923. The molecule has 0 saturated carbocycles. The molecule has 4 atom stereocenters. The Labute approximate surface area is 306 Å². The van der Waals surface area contributed by atoms with Crippen molar-refractivity contribution in [2.75, 3.05) is 25.5 Å². The molecule has 3 heterocycles. The van der Waals surface area contributed by atoms with Crippen LogP contribution in [0.3, 0.4) is 0 Å². The molecule has 4 aliphatic rings. The first-order valence-corrected chi connectivity index (χ1v) is 19.0. The van der Waals surface area contributed by atoms with Gasteiger partial charge in [0, 0.05) is 62.9 Å². The van der Waals surface area contributed by atoms with Gasteiger partial charge in [-0.3, -0.25) is 4.99 Å². The van der Waals surface area contributed by atoms with Gasteiger partial charge < -0.3 is 27.0 Å². The number of aliphatic imine (C=N–C) groups is 1. The molecule has 2 aliphatic heterocycles. The van der Waals surface area contributed by atoms with E-state index in [4.69, 9.17) is 33.9 Å². The highest BCUT2D eigenvalue weighted by atomic mass is 35.5.